The molecule has 3 atom stereocenters. The number of hydrogen-bond donors (Lipinski definition) is 1. The molecule has 1 fully saturated rings. The summed E-state index contributed by atoms with van der Waals surface area (Å²) in [4.78, 5) is 48.3. The molecule has 54 heavy (non-hydrogen) atoms. The van der Waals surface area contributed by atoms with Gasteiger partial charge >= 0.3 is 5.97 Å². The summed E-state index contributed by atoms with van der Waals surface area (Å²) in [5.41, 5.74) is 4.57. The van der Waals surface area contributed by atoms with E-state index in [1.165, 1.54) is 6.92 Å². The fourth-order valence-corrected chi connectivity index (χ4v) is 7.51. The number of carbonyl (C=O) groups is 3. The molecule has 0 saturated carbocycles. The molecule has 0 bridgehead atoms. The zero-order valence-corrected chi connectivity index (χ0v) is 31.1. The molecule has 6 rings (SSSR count). The van der Waals surface area contributed by atoms with Gasteiger partial charge in [0, 0.05) is 68.5 Å². The second kappa shape index (κ2) is 17.9. The van der Waals surface area contributed by atoms with Crippen LogP contribution in [0.25, 0.3) is 0 Å². The number of hydrogen-bond acceptors (Lipinski definition) is 8. The molecular weight excluding hydrogens is 682 g/mol. The number of methoxy groups -OCH3 is 1. The van der Waals surface area contributed by atoms with Crippen molar-refractivity contribution in [3.8, 4) is 11.5 Å². The van der Waals surface area contributed by atoms with Gasteiger partial charge in [0.15, 0.2) is 0 Å². The third kappa shape index (κ3) is 8.77. The van der Waals surface area contributed by atoms with E-state index in [0.717, 1.165) is 42.7 Å². The van der Waals surface area contributed by atoms with Crippen LogP contribution in [0, 0.1) is 0 Å². The van der Waals surface area contributed by atoms with Crippen LogP contribution in [0.3, 0.4) is 0 Å². The van der Waals surface area contributed by atoms with Crippen molar-refractivity contribution in [2.45, 2.75) is 63.8 Å². The zero-order valence-electron chi connectivity index (χ0n) is 31.1. The Morgan fingerprint density at radius 3 is 2.28 bits per heavy atom. The molecule has 10 heteroatoms. The van der Waals surface area contributed by atoms with Crippen LogP contribution in [-0.2, 0) is 27.3 Å². The average Bonchev–Trinajstić information content (AvgIpc) is 3.84. The predicted molar refractivity (Wildman–Crippen MR) is 209 cm³/mol. The van der Waals surface area contributed by atoms with Gasteiger partial charge in [0.05, 0.1) is 32.2 Å². The Kier molecular flexibility index (Phi) is 12.7. The molecule has 1 N–H and O–H groups in total. The van der Waals surface area contributed by atoms with Crippen LogP contribution < -0.4 is 19.3 Å². The first-order valence-corrected chi connectivity index (χ1v) is 18.6. The first-order valence-electron chi connectivity index (χ1n) is 18.6. The van der Waals surface area contributed by atoms with Gasteiger partial charge in [-0.15, -0.1) is 6.58 Å². The minimum atomic E-state index is -0.848. The molecule has 4 aromatic carbocycles. The quantitative estimate of drug-likeness (QED) is 0.0753. The van der Waals surface area contributed by atoms with Crippen LogP contribution in [0.1, 0.15) is 65.7 Å². The smallest absolute Gasteiger partial charge is 0.302 e. The van der Waals surface area contributed by atoms with Gasteiger partial charge in [-0.2, -0.15) is 0 Å². The molecule has 4 aromatic rings. The Hall–Kier alpha value is -5.61. The van der Waals surface area contributed by atoms with E-state index >= 15 is 4.79 Å². The van der Waals surface area contributed by atoms with Crippen LogP contribution in [0.15, 0.2) is 110 Å². The fraction of sp³-hybridized carbons (Fsp3) is 0.341. The standard InChI is InChI=1S/C44H49N3O7/c1-4-11-40(54-31(2)49)43-42(38-29-37(53-27-10-26-48)22-23-39(38)47(43)41(50)28-32-12-6-5-7-13-32)46(44(51)34-16-20-36(52-3)21-17-34)30-33-14-18-35(19-15-33)45-24-8-9-25-45/h4-7,12-23,29,40,42-43,48H,1,8-11,24-28,30H2,2-3H3/t40?,42-,43+/m0/s1. The summed E-state index contributed by atoms with van der Waals surface area (Å²) in [6.45, 7) is 7.79. The number of aliphatic hydroxyl groups is 1. The molecule has 0 spiro atoms. The van der Waals surface area contributed by atoms with Crippen LogP contribution in [0.5, 0.6) is 11.5 Å². The number of fused-ring (bicyclic) bond motifs is 1. The Bertz CT molecular complexity index is 1890. The fourth-order valence-electron chi connectivity index (χ4n) is 7.51. The molecule has 2 heterocycles. The van der Waals surface area contributed by atoms with Gasteiger partial charge < -0.3 is 34.0 Å². The molecule has 1 unspecified atom stereocenters. The van der Waals surface area contributed by atoms with Crippen molar-refractivity contribution >= 4 is 29.2 Å². The number of esters is 1. The van der Waals surface area contributed by atoms with Crippen LogP contribution >= 0.6 is 0 Å². The third-order valence-corrected chi connectivity index (χ3v) is 10.0. The number of ether oxygens (including phenoxy) is 3. The number of benzene rings is 4. The molecule has 2 aliphatic heterocycles. The molecule has 2 aliphatic rings. The number of aliphatic hydroxyl groups excluding tert-OH is 1. The maximum absolute atomic E-state index is 15.0. The first-order chi connectivity index (χ1) is 26.3. The number of anilines is 2. The number of carbonyl (C=O) groups excluding carboxylic acids is 3. The van der Waals surface area contributed by atoms with Gasteiger partial charge in [-0.3, -0.25) is 14.4 Å². The molecule has 0 aliphatic carbocycles. The Morgan fingerprint density at radius 1 is 0.926 bits per heavy atom. The van der Waals surface area contributed by atoms with Crippen molar-refractivity contribution in [1.82, 2.24) is 4.90 Å². The SMILES string of the molecule is C=CCC(OC(C)=O)[C@@H]1[C@@H](N(Cc2ccc(N3CCCC3)cc2)C(=O)c2ccc(OC)cc2)c2cc(OCCCO)ccc2N1C(=O)Cc1ccccc1. The second-order valence-corrected chi connectivity index (χ2v) is 13.7. The van der Waals surface area contributed by atoms with E-state index in [-0.39, 0.29) is 44.4 Å². The first kappa shape index (κ1) is 38.1. The van der Waals surface area contributed by atoms with E-state index in [1.54, 1.807) is 53.3 Å². The lowest BCUT2D eigenvalue weighted by molar-refractivity contribution is -0.148. The highest BCUT2D eigenvalue weighted by molar-refractivity contribution is 6.00. The monoisotopic (exact) mass is 731 g/mol. The van der Waals surface area contributed by atoms with Crippen molar-refractivity contribution in [2.75, 3.05) is 43.2 Å². The summed E-state index contributed by atoms with van der Waals surface area (Å²) >= 11 is 0. The van der Waals surface area contributed by atoms with Gasteiger partial charge in [-0.1, -0.05) is 48.5 Å². The topological polar surface area (TPSA) is 109 Å². The van der Waals surface area contributed by atoms with Gasteiger partial charge in [0.25, 0.3) is 5.91 Å². The summed E-state index contributed by atoms with van der Waals surface area (Å²) in [6.07, 6.45) is 3.90. The average molecular weight is 732 g/mol. The molecular formula is C44H49N3O7. The summed E-state index contributed by atoms with van der Waals surface area (Å²) in [5.74, 6) is 0.152. The Balaban J connectivity index is 1.52. The maximum Gasteiger partial charge on any atom is 0.302 e. The highest BCUT2D eigenvalue weighted by Crippen LogP contribution is 2.48. The highest BCUT2D eigenvalue weighted by atomic mass is 16.5. The third-order valence-electron chi connectivity index (χ3n) is 10.0. The Labute approximate surface area is 317 Å². The molecule has 282 valence electrons. The predicted octanol–water partition coefficient (Wildman–Crippen LogP) is 6.91. The molecule has 1 saturated heterocycles. The molecule has 0 aromatic heterocycles. The number of nitrogens with zero attached hydrogens (tertiary/aromatic N) is 3. The van der Waals surface area contributed by atoms with E-state index in [9.17, 15) is 14.7 Å². The van der Waals surface area contributed by atoms with Crippen molar-refractivity contribution < 1.29 is 33.7 Å². The lowest BCUT2D eigenvalue weighted by Crippen LogP contribution is -2.53. The van der Waals surface area contributed by atoms with E-state index in [4.69, 9.17) is 14.2 Å². The van der Waals surface area contributed by atoms with E-state index < -0.39 is 24.2 Å². The van der Waals surface area contributed by atoms with Crippen molar-refractivity contribution in [3.05, 3.63) is 132 Å². The number of rotatable bonds is 16. The van der Waals surface area contributed by atoms with Gasteiger partial charge in [-0.25, -0.2) is 0 Å². The lowest BCUT2D eigenvalue weighted by Gasteiger charge is -2.39. The minimum Gasteiger partial charge on any atom is -0.497 e. The van der Waals surface area contributed by atoms with Gasteiger partial charge in [-0.05, 0) is 78.6 Å². The second-order valence-electron chi connectivity index (χ2n) is 13.7. The summed E-state index contributed by atoms with van der Waals surface area (Å²) < 4.78 is 17.5. The zero-order chi connectivity index (χ0) is 38.0. The summed E-state index contributed by atoms with van der Waals surface area (Å²) in [7, 11) is 1.57. The highest BCUT2D eigenvalue weighted by Gasteiger charge is 2.50. The van der Waals surface area contributed by atoms with E-state index in [2.05, 4.69) is 23.6 Å². The normalized spacial score (nSPS) is 16.7. The maximum atomic E-state index is 15.0. The van der Waals surface area contributed by atoms with E-state index in [0.29, 0.717) is 34.7 Å². The lowest BCUT2D eigenvalue weighted by atomic mass is 9.93. The molecule has 2 amide bonds. The van der Waals surface area contributed by atoms with Crippen molar-refractivity contribution in [3.63, 3.8) is 0 Å². The van der Waals surface area contributed by atoms with Crippen LogP contribution in [-0.4, -0.2) is 73.3 Å². The van der Waals surface area contributed by atoms with Crippen LogP contribution in [0.2, 0.25) is 0 Å². The largest absolute Gasteiger partial charge is 0.497 e. The minimum absolute atomic E-state index is 0.0241. The molecule has 0 radical (unpaired) electrons. The van der Waals surface area contributed by atoms with Crippen molar-refractivity contribution in [1.29, 1.82) is 0 Å². The summed E-state index contributed by atoms with van der Waals surface area (Å²) in [5, 5.41) is 9.44. The summed E-state index contributed by atoms with van der Waals surface area (Å²) in [6, 6.07) is 28.6. The Morgan fingerprint density at radius 2 is 1.63 bits per heavy atom. The van der Waals surface area contributed by atoms with E-state index in [1.807, 2.05) is 54.6 Å². The van der Waals surface area contributed by atoms with Crippen LogP contribution in [0.4, 0.5) is 11.4 Å². The number of amides is 2. The van der Waals surface area contributed by atoms with Gasteiger partial charge in [0.1, 0.15) is 17.6 Å². The van der Waals surface area contributed by atoms with Gasteiger partial charge in [0.2, 0.25) is 5.91 Å². The molecule has 10 nitrogen and oxygen atoms in total. The van der Waals surface area contributed by atoms with Crippen molar-refractivity contribution in [2.24, 2.45) is 0 Å².